The third-order valence-electron chi connectivity index (χ3n) is 7.25. The predicted molar refractivity (Wildman–Crippen MR) is 129 cm³/mol. The Morgan fingerprint density at radius 3 is 2.65 bits per heavy atom. The second-order valence-corrected chi connectivity index (χ2v) is 11.6. The fourth-order valence-electron chi connectivity index (χ4n) is 4.96. The molecule has 34 heavy (non-hydrogen) atoms. The van der Waals surface area contributed by atoms with Gasteiger partial charge in [0, 0.05) is 24.1 Å². The van der Waals surface area contributed by atoms with Crippen molar-refractivity contribution in [2.45, 2.75) is 56.0 Å². The second-order valence-electron chi connectivity index (χ2n) is 9.77. The molecule has 0 spiro atoms. The third-order valence-corrected chi connectivity index (χ3v) is 9.05. The highest BCUT2D eigenvalue weighted by Gasteiger charge is 2.38. The Hall–Kier alpha value is -3.06. The van der Waals surface area contributed by atoms with E-state index in [9.17, 15) is 13.2 Å². The molecule has 1 aromatic heterocycles. The number of hydrogen-bond donors (Lipinski definition) is 0. The first-order chi connectivity index (χ1) is 16.4. The molecule has 0 saturated heterocycles. The van der Waals surface area contributed by atoms with E-state index in [1.165, 1.54) is 10.4 Å². The van der Waals surface area contributed by atoms with E-state index < -0.39 is 10.0 Å². The summed E-state index contributed by atoms with van der Waals surface area (Å²) in [7, 11) is -3.76. The highest BCUT2D eigenvalue weighted by molar-refractivity contribution is 7.92. The van der Waals surface area contributed by atoms with Crippen molar-refractivity contribution in [3.8, 4) is 0 Å². The van der Waals surface area contributed by atoms with E-state index >= 15 is 0 Å². The molecule has 176 valence electrons. The molecule has 2 atom stereocenters. The van der Waals surface area contributed by atoms with Crippen LogP contribution in [0.4, 0.5) is 5.69 Å². The van der Waals surface area contributed by atoms with Gasteiger partial charge in [0.15, 0.2) is 0 Å². The topological polar surface area (TPSA) is 70.8 Å². The van der Waals surface area contributed by atoms with E-state index in [-0.39, 0.29) is 16.8 Å². The normalized spacial score (nSPS) is 21.4. The average Bonchev–Trinajstić information content (AvgIpc) is 3.72. The van der Waals surface area contributed by atoms with Gasteiger partial charge in [0.25, 0.3) is 15.9 Å². The molecule has 0 radical (unpaired) electrons. The zero-order valence-corrected chi connectivity index (χ0v) is 20.0. The zero-order valence-electron chi connectivity index (χ0n) is 19.2. The second kappa shape index (κ2) is 8.01. The standard InChI is InChI=1S/C27H28N2O4S/c1-18-15-24(18)26-12-11-22(33-26)17-28(21-9-10-21)27(30)20-6-4-7-23(16-20)34(31,32)29-14-13-19-5-2-3-8-25(19)29/h2-8,11-12,16,18,21,24H,9-10,13-15,17H2,1H3. The zero-order chi connectivity index (χ0) is 23.4. The van der Waals surface area contributed by atoms with Gasteiger partial charge in [-0.1, -0.05) is 31.2 Å². The average molecular weight is 477 g/mol. The number of amides is 1. The van der Waals surface area contributed by atoms with E-state index in [2.05, 4.69) is 6.92 Å². The number of nitrogens with zero attached hydrogens (tertiary/aromatic N) is 2. The minimum Gasteiger partial charge on any atom is -0.464 e. The van der Waals surface area contributed by atoms with E-state index in [4.69, 9.17) is 4.42 Å². The van der Waals surface area contributed by atoms with E-state index in [0.29, 0.717) is 36.9 Å². The summed E-state index contributed by atoms with van der Waals surface area (Å²) in [4.78, 5) is 15.5. The van der Waals surface area contributed by atoms with Crippen LogP contribution in [0.25, 0.3) is 0 Å². The number of sulfonamides is 1. The molecule has 2 aliphatic carbocycles. The minimum absolute atomic E-state index is 0.147. The highest BCUT2D eigenvalue weighted by Crippen LogP contribution is 2.47. The summed E-state index contributed by atoms with van der Waals surface area (Å²) in [5, 5.41) is 0. The molecule has 2 unspecified atom stereocenters. The van der Waals surface area contributed by atoms with E-state index in [0.717, 1.165) is 42.0 Å². The van der Waals surface area contributed by atoms with Gasteiger partial charge in [-0.15, -0.1) is 0 Å². The molecule has 7 heteroatoms. The van der Waals surface area contributed by atoms with Crippen LogP contribution in [0.3, 0.4) is 0 Å². The minimum atomic E-state index is -3.76. The molecular formula is C27H28N2O4S. The summed E-state index contributed by atoms with van der Waals surface area (Å²) in [5.74, 6) is 2.79. The molecule has 6 rings (SSSR count). The Kier molecular flexibility index (Phi) is 5.06. The van der Waals surface area contributed by atoms with Crippen LogP contribution in [-0.2, 0) is 23.0 Å². The van der Waals surface area contributed by atoms with Gasteiger partial charge in [0.05, 0.1) is 17.1 Å². The summed E-state index contributed by atoms with van der Waals surface area (Å²) < 4.78 is 34.4. The number of anilines is 1. The van der Waals surface area contributed by atoms with Crippen LogP contribution in [0.5, 0.6) is 0 Å². The fourth-order valence-corrected chi connectivity index (χ4v) is 6.51. The lowest BCUT2D eigenvalue weighted by Crippen LogP contribution is -2.33. The van der Waals surface area contributed by atoms with Crippen molar-refractivity contribution in [1.29, 1.82) is 0 Å². The number of furan rings is 1. The van der Waals surface area contributed by atoms with Crippen LogP contribution in [0.1, 0.15) is 59.5 Å². The van der Waals surface area contributed by atoms with Gasteiger partial charge in [-0.3, -0.25) is 9.10 Å². The van der Waals surface area contributed by atoms with Gasteiger partial charge < -0.3 is 9.32 Å². The highest BCUT2D eigenvalue weighted by atomic mass is 32.2. The number of benzene rings is 2. The number of fused-ring (bicyclic) bond motifs is 1. The molecule has 2 fully saturated rings. The molecule has 3 aliphatic rings. The largest absolute Gasteiger partial charge is 0.464 e. The molecule has 3 aromatic rings. The maximum atomic E-state index is 13.5. The molecule has 2 saturated carbocycles. The van der Waals surface area contributed by atoms with Gasteiger partial charge in [0.2, 0.25) is 0 Å². The van der Waals surface area contributed by atoms with E-state index in [1.54, 1.807) is 18.2 Å². The van der Waals surface area contributed by atoms with Crippen LogP contribution < -0.4 is 4.31 Å². The molecule has 0 bridgehead atoms. The monoisotopic (exact) mass is 476 g/mol. The fraction of sp³-hybridized carbons (Fsp3) is 0.370. The molecule has 0 N–H and O–H groups in total. The Bertz CT molecular complexity index is 1360. The van der Waals surface area contributed by atoms with Crippen molar-refractivity contribution < 1.29 is 17.6 Å². The van der Waals surface area contributed by atoms with Crippen molar-refractivity contribution in [3.63, 3.8) is 0 Å². The molecule has 2 aromatic carbocycles. The van der Waals surface area contributed by atoms with Crippen molar-refractivity contribution in [1.82, 2.24) is 4.90 Å². The van der Waals surface area contributed by atoms with Crippen LogP contribution in [0, 0.1) is 5.92 Å². The first kappa shape index (κ1) is 21.5. The smallest absolute Gasteiger partial charge is 0.264 e. The van der Waals surface area contributed by atoms with Crippen molar-refractivity contribution in [2.75, 3.05) is 10.8 Å². The first-order valence-electron chi connectivity index (χ1n) is 12.0. The maximum absolute atomic E-state index is 13.5. The lowest BCUT2D eigenvalue weighted by atomic mass is 10.2. The first-order valence-corrected chi connectivity index (χ1v) is 13.5. The summed E-state index contributed by atoms with van der Waals surface area (Å²) in [6.07, 6.45) is 3.76. The molecule has 1 amide bonds. The summed E-state index contributed by atoms with van der Waals surface area (Å²) in [5.41, 5.74) is 2.14. The number of hydrogen-bond acceptors (Lipinski definition) is 4. The van der Waals surface area contributed by atoms with E-state index in [1.807, 2.05) is 41.3 Å². The van der Waals surface area contributed by atoms with Gasteiger partial charge in [-0.2, -0.15) is 0 Å². The lowest BCUT2D eigenvalue weighted by Gasteiger charge is -2.23. The Labute approximate surface area is 200 Å². The summed E-state index contributed by atoms with van der Waals surface area (Å²) >= 11 is 0. The summed E-state index contributed by atoms with van der Waals surface area (Å²) in [6, 6.07) is 18.2. The third kappa shape index (κ3) is 3.82. The maximum Gasteiger partial charge on any atom is 0.264 e. The molecule has 1 aliphatic heterocycles. The summed E-state index contributed by atoms with van der Waals surface area (Å²) in [6.45, 7) is 3.03. The molecule has 2 heterocycles. The van der Waals surface area contributed by atoms with Crippen LogP contribution in [-0.4, -0.2) is 31.8 Å². The van der Waals surface area contributed by atoms with Crippen LogP contribution in [0.15, 0.2) is 70.0 Å². The van der Waals surface area contributed by atoms with Crippen molar-refractivity contribution >= 4 is 21.6 Å². The Morgan fingerprint density at radius 1 is 1.09 bits per heavy atom. The van der Waals surface area contributed by atoms with Crippen LogP contribution >= 0.6 is 0 Å². The van der Waals surface area contributed by atoms with Gasteiger partial charge in [-0.25, -0.2) is 8.42 Å². The molecular weight excluding hydrogens is 448 g/mol. The SMILES string of the molecule is CC1CC1c1ccc(CN(C(=O)c2cccc(S(=O)(=O)N3CCc4ccccc43)c2)C2CC2)o1. The predicted octanol–water partition coefficient (Wildman–Crippen LogP) is 4.96. The number of carbonyl (C=O) groups is 1. The Balaban J connectivity index is 1.25. The number of carbonyl (C=O) groups excluding carboxylic acids is 1. The van der Waals surface area contributed by atoms with Crippen LogP contribution in [0.2, 0.25) is 0 Å². The van der Waals surface area contributed by atoms with Crippen molar-refractivity contribution in [3.05, 3.63) is 83.3 Å². The van der Waals surface area contributed by atoms with Crippen molar-refractivity contribution in [2.24, 2.45) is 5.92 Å². The lowest BCUT2D eigenvalue weighted by molar-refractivity contribution is 0.0716. The van der Waals surface area contributed by atoms with Gasteiger partial charge in [0.1, 0.15) is 11.5 Å². The number of para-hydroxylation sites is 1. The number of rotatable bonds is 7. The van der Waals surface area contributed by atoms with Gasteiger partial charge in [-0.05, 0) is 73.6 Å². The Morgan fingerprint density at radius 2 is 1.88 bits per heavy atom. The van der Waals surface area contributed by atoms with Gasteiger partial charge >= 0.3 is 0 Å². The molecule has 6 nitrogen and oxygen atoms in total. The quantitative estimate of drug-likeness (QED) is 0.483.